The molecule has 3 heteroatoms. The topological polar surface area (TPSA) is 35.5 Å². The van der Waals surface area contributed by atoms with Crippen molar-refractivity contribution in [3.63, 3.8) is 0 Å². The molecule has 1 saturated heterocycles. The lowest BCUT2D eigenvalue weighted by atomic mass is 10.1. The molecule has 1 aliphatic heterocycles. The van der Waals surface area contributed by atoms with Gasteiger partial charge in [0.2, 0.25) is 0 Å². The average Bonchev–Trinajstić information content (AvgIpc) is 2.29. The van der Waals surface area contributed by atoms with Gasteiger partial charge < -0.3 is 15.3 Å². The van der Waals surface area contributed by atoms with Gasteiger partial charge in [-0.2, -0.15) is 0 Å². The van der Waals surface area contributed by atoms with Gasteiger partial charge >= 0.3 is 0 Å². The maximum absolute atomic E-state index is 9.27. The van der Waals surface area contributed by atoms with E-state index in [1.807, 2.05) is 6.92 Å². The second-order valence-electron chi connectivity index (χ2n) is 4.12. The molecule has 0 aliphatic carbocycles. The lowest BCUT2D eigenvalue weighted by molar-refractivity contribution is 0.112. The smallest absolute Gasteiger partial charge is 0.0639 e. The summed E-state index contributed by atoms with van der Waals surface area (Å²) in [7, 11) is 2.11. The molecule has 1 fully saturated rings. The summed E-state index contributed by atoms with van der Waals surface area (Å²) in [6.45, 7) is 4.92. The Labute approximate surface area is 81.1 Å². The van der Waals surface area contributed by atoms with Crippen molar-refractivity contribution in [3.05, 3.63) is 0 Å². The van der Waals surface area contributed by atoms with E-state index >= 15 is 0 Å². The Kier molecular flexibility index (Phi) is 4.70. The maximum Gasteiger partial charge on any atom is 0.0639 e. The molecule has 0 aromatic heterocycles. The summed E-state index contributed by atoms with van der Waals surface area (Å²) in [5, 5.41) is 12.7. The number of rotatable bonds is 3. The minimum absolute atomic E-state index is 0.207. The van der Waals surface area contributed by atoms with E-state index in [9.17, 15) is 5.11 Å². The van der Waals surface area contributed by atoms with Gasteiger partial charge in [-0.1, -0.05) is 0 Å². The van der Waals surface area contributed by atoms with Crippen LogP contribution in [0.3, 0.4) is 0 Å². The van der Waals surface area contributed by atoms with Crippen molar-refractivity contribution in [3.8, 4) is 0 Å². The Balaban J connectivity index is 2.30. The van der Waals surface area contributed by atoms with Gasteiger partial charge in [-0.05, 0) is 46.3 Å². The Morgan fingerprint density at radius 3 is 2.92 bits per heavy atom. The van der Waals surface area contributed by atoms with Gasteiger partial charge in [0.25, 0.3) is 0 Å². The largest absolute Gasteiger partial charge is 0.392 e. The van der Waals surface area contributed by atoms with Crippen LogP contribution < -0.4 is 5.32 Å². The molecule has 2 unspecified atom stereocenters. The lowest BCUT2D eigenvalue weighted by Crippen LogP contribution is -2.37. The van der Waals surface area contributed by atoms with Crippen LogP contribution in [-0.2, 0) is 0 Å². The fourth-order valence-electron chi connectivity index (χ4n) is 2.01. The number of aliphatic hydroxyl groups excluding tert-OH is 1. The van der Waals surface area contributed by atoms with E-state index in [0.717, 1.165) is 19.6 Å². The summed E-state index contributed by atoms with van der Waals surface area (Å²) >= 11 is 0. The summed E-state index contributed by atoms with van der Waals surface area (Å²) in [5.74, 6) is 0. The van der Waals surface area contributed by atoms with E-state index in [1.54, 1.807) is 0 Å². The molecule has 1 rings (SSSR count). The van der Waals surface area contributed by atoms with Gasteiger partial charge in [0.15, 0.2) is 0 Å². The molecule has 0 aromatic carbocycles. The number of hydrogen-bond acceptors (Lipinski definition) is 3. The van der Waals surface area contributed by atoms with E-state index in [1.165, 1.54) is 19.3 Å². The number of nitrogens with zero attached hydrogens (tertiary/aromatic N) is 1. The van der Waals surface area contributed by atoms with Crippen LogP contribution in [0.5, 0.6) is 0 Å². The van der Waals surface area contributed by atoms with Crippen LogP contribution >= 0.6 is 0 Å². The summed E-state index contributed by atoms with van der Waals surface area (Å²) in [6, 6.07) is 0.657. The molecular formula is C10H22N2O. The van der Waals surface area contributed by atoms with Crippen LogP contribution in [0.1, 0.15) is 26.2 Å². The monoisotopic (exact) mass is 186 g/mol. The van der Waals surface area contributed by atoms with E-state index < -0.39 is 0 Å². The second kappa shape index (κ2) is 5.58. The van der Waals surface area contributed by atoms with Crippen molar-refractivity contribution in [2.45, 2.75) is 38.3 Å². The van der Waals surface area contributed by atoms with E-state index in [0.29, 0.717) is 6.04 Å². The molecule has 0 spiro atoms. The first-order valence-electron chi connectivity index (χ1n) is 5.29. The highest BCUT2D eigenvalue weighted by Gasteiger charge is 2.17. The predicted molar refractivity (Wildman–Crippen MR) is 54.8 cm³/mol. The molecule has 78 valence electrons. The minimum Gasteiger partial charge on any atom is -0.392 e. The summed E-state index contributed by atoms with van der Waals surface area (Å²) in [6.07, 6.45) is 3.52. The van der Waals surface area contributed by atoms with E-state index in [2.05, 4.69) is 17.3 Å². The number of likely N-dealkylation sites (N-methyl/N-ethyl adjacent to an activating group) is 1. The minimum atomic E-state index is -0.207. The molecule has 1 heterocycles. The third-order valence-corrected chi connectivity index (χ3v) is 2.72. The summed E-state index contributed by atoms with van der Waals surface area (Å²) in [4.78, 5) is 2.29. The third kappa shape index (κ3) is 4.07. The van der Waals surface area contributed by atoms with Crippen LogP contribution in [0.15, 0.2) is 0 Å². The van der Waals surface area contributed by atoms with Crippen molar-refractivity contribution in [1.29, 1.82) is 0 Å². The normalized spacial score (nSPS) is 27.2. The SMILES string of the molecule is CC(O)CN(C)C1CCCNCC1. The fraction of sp³-hybridized carbons (Fsp3) is 1.00. The molecule has 0 radical (unpaired) electrons. The maximum atomic E-state index is 9.27. The molecular weight excluding hydrogens is 164 g/mol. The fourth-order valence-corrected chi connectivity index (χ4v) is 2.01. The van der Waals surface area contributed by atoms with Crippen LogP contribution in [0.25, 0.3) is 0 Å². The first-order chi connectivity index (χ1) is 6.20. The average molecular weight is 186 g/mol. The zero-order chi connectivity index (χ0) is 9.68. The third-order valence-electron chi connectivity index (χ3n) is 2.72. The Bertz CT molecular complexity index is 131. The Morgan fingerprint density at radius 2 is 2.23 bits per heavy atom. The van der Waals surface area contributed by atoms with Gasteiger partial charge in [0.05, 0.1) is 6.10 Å². The van der Waals surface area contributed by atoms with E-state index in [4.69, 9.17) is 0 Å². The van der Waals surface area contributed by atoms with Crippen molar-refractivity contribution in [2.24, 2.45) is 0 Å². The number of nitrogens with one attached hydrogen (secondary N) is 1. The first kappa shape index (κ1) is 11.0. The summed E-state index contributed by atoms with van der Waals surface area (Å²) < 4.78 is 0. The molecule has 0 bridgehead atoms. The van der Waals surface area contributed by atoms with Gasteiger partial charge in [0.1, 0.15) is 0 Å². The lowest BCUT2D eigenvalue weighted by Gasteiger charge is -2.27. The molecule has 0 aromatic rings. The van der Waals surface area contributed by atoms with Crippen molar-refractivity contribution in [2.75, 3.05) is 26.7 Å². The number of aliphatic hydroxyl groups is 1. The predicted octanol–water partition coefficient (Wildman–Crippen LogP) is 0.441. The van der Waals surface area contributed by atoms with Crippen molar-refractivity contribution in [1.82, 2.24) is 10.2 Å². The van der Waals surface area contributed by atoms with Crippen LogP contribution in [0.4, 0.5) is 0 Å². The Morgan fingerprint density at radius 1 is 1.46 bits per heavy atom. The highest BCUT2D eigenvalue weighted by molar-refractivity contribution is 4.74. The highest BCUT2D eigenvalue weighted by atomic mass is 16.3. The van der Waals surface area contributed by atoms with Crippen LogP contribution in [0, 0.1) is 0 Å². The van der Waals surface area contributed by atoms with Gasteiger partial charge in [-0.15, -0.1) is 0 Å². The molecule has 3 nitrogen and oxygen atoms in total. The van der Waals surface area contributed by atoms with Gasteiger partial charge in [-0.3, -0.25) is 0 Å². The molecule has 1 aliphatic rings. The quantitative estimate of drug-likeness (QED) is 0.671. The highest BCUT2D eigenvalue weighted by Crippen LogP contribution is 2.11. The van der Waals surface area contributed by atoms with Gasteiger partial charge in [-0.25, -0.2) is 0 Å². The van der Waals surface area contributed by atoms with Crippen molar-refractivity contribution < 1.29 is 5.11 Å². The van der Waals surface area contributed by atoms with Crippen molar-refractivity contribution >= 4 is 0 Å². The second-order valence-corrected chi connectivity index (χ2v) is 4.12. The molecule has 13 heavy (non-hydrogen) atoms. The Hall–Kier alpha value is -0.120. The summed E-state index contributed by atoms with van der Waals surface area (Å²) in [5.41, 5.74) is 0. The molecule has 0 saturated carbocycles. The molecule has 0 amide bonds. The number of hydrogen-bond donors (Lipinski definition) is 2. The zero-order valence-electron chi connectivity index (χ0n) is 8.79. The van der Waals surface area contributed by atoms with E-state index in [-0.39, 0.29) is 6.10 Å². The zero-order valence-corrected chi connectivity index (χ0v) is 8.79. The first-order valence-corrected chi connectivity index (χ1v) is 5.29. The molecule has 2 atom stereocenters. The molecule has 2 N–H and O–H groups in total. The van der Waals surface area contributed by atoms with Crippen LogP contribution in [0.2, 0.25) is 0 Å². The van der Waals surface area contributed by atoms with Gasteiger partial charge in [0, 0.05) is 12.6 Å². The standard InChI is InChI=1S/C10H22N2O/c1-9(13)8-12(2)10-4-3-6-11-7-5-10/h9-11,13H,3-8H2,1-2H3. The van der Waals surface area contributed by atoms with Crippen LogP contribution in [-0.4, -0.2) is 48.8 Å².